The fourth-order valence-electron chi connectivity index (χ4n) is 3.26. The molecule has 0 aliphatic carbocycles. The number of nitrogens with one attached hydrogen (secondary N) is 1. The largest absolute Gasteiger partial charge is 0.369 e. The highest BCUT2D eigenvalue weighted by atomic mass is 19.1. The molecule has 6 heteroatoms. The highest BCUT2D eigenvalue weighted by Crippen LogP contribution is 2.31. The standard InChI is InChI=1S/C19H24FN3O2/c1-11(2)23(10-14-5-7-15(20)8-6-14)19(24)18-16-9-12(3)25-13(4)17(16)21-22-18/h5-8,11-13H,9-10H2,1-4H3,(H,21,22)/t12-,13+/m0/s1. The molecule has 0 radical (unpaired) electrons. The van der Waals surface area contributed by atoms with Gasteiger partial charge in [0.25, 0.3) is 5.91 Å². The summed E-state index contributed by atoms with van der Waals surface area (Å²) in [6.07, 6.45) is 0.619. The van der Waals surface area contributed by atoms with Crippen molar-refractivity contribution in [3.05, 3.63) is 52.6 Å². The Morgan fingerprint density at radius 3 is 2.68 bits per heavy atom. The summed E-state index contributed by atoms with van der Waals surface area (Å²) in [4.78, 5) is 14.9. The average molecular weight is 345 g/mol. The van der Waals surface area contributed by atoms with Crippen LogP contribution >= 0.6 is 0 Å². The maximum Gasteiger partial charge on any atom is 0.275 e. The van der Waals surface area contributed by atoms with Crippen LogP contribution in [-0.4, -0.2) is 33.2 Å². The van der Waals surface area contributed by atoms with Gasteiger partial charge in [-0.25, -0.2) is 4.39 Å². The van der Waals surface area contributed by atoms with Crippen LogP contribution in [0.2, 0.25) is 0 Å². The Morgan fingerprint density at radius 1 is 1.36 bits per heavy atom. The summed E-state index contributed by atoms with van der Waals surface area (Å²) in [5.74, 6) is -0.395. The zero-order valence-corrected chi connectivity index (χ0v) is 15.0. The first-order chi connectivity index (χ1) is 11.9. The van der Waals surface area contributed by atoms with E-state index >= 15 is 0 Å². The summed E-state index contributed by atoms with van der Waals surface area (Å²) in [6.45, 7) is 8.31. The lowest BCUT2D eigenvalue weighted by molar-refractivity contribution is -0.00703. The van der Waals surface area contributed by atoms with E-state index in [1.165, 1.54) is 12.1 Å². The number of amides is 1. The number of hydrogen-bond donors (Lipinski definition) is 1. The molecule has 0 saturated heterocycles. The van der Waals surface area contributed by atoms with Gasteiger partial charge in [0, 0.05) is 24.6 Å². The monoisotopic (exact) mass is 345 g/mol. The van der Waals surface area contributed by atoms with E-state index in [2.05, 4.69) is 10.2 Å². The highest BCUT2D eigenvalue weighted by molar-refractivity contribution is 5.94. The number of fused-ring (bicyclic) bond motifs is 1. The van der Waals surface area contributed by atoms with Crippen molar-refractivity contribution in [1.82, 2.24) is 15.1 Å². The Morgan fingerprint density at radius 2 is 2.04 bits per heavy atom. The third-order valence-electron chi connectivity index (χ3n) is 4.59. The van der Waals surface area contributed by atoms with Gasteiger partial charge in [-0.05, 0) is 45.4 Å². The van der Waals surface area contributed by atoms with Crippen LogP contribution in [0, 0.1) is 5.82 Å². The molecular formula is C19H24FN3O2. The SMILES string of the molecule is CC(C)N(Cc1ccc(F)cc1)C(=O)c1n[nH]c2c1C[C@H](C)O[C@@H]2C. The fourth-order valence-corrected chi connectivity index (χ4v) is 3.26. The van der Waals surface area contributed by atoms with Crippen LogP contribution < -0.4 is 0 Å². The summed E-state index contributed by atoms with van der Waals surface area (Å²) in [5, 5.41) is 7.26. The predicted octanol–water partition coefficient (Wildman–Crippen LogP) is 3.62. The van der Waals surface area contributed by atoms with Crippen LogP contribution in [0.1, 0.15) is 61.1 Å². The van der Waals surface area contributed by atoms with Gasteiger partial charge in [-0.15, -0.1) is 0 Å². The van der Waals surface area contributed by atoms with Crippen LogP contribution in [0.25, 0.3) is 0 Å². The molecule has 1 aromatic carbocycles. The second-order valence-electron chi connectivity index (χ2n) is 6.91. The molecular weight excluding hydrogens is 321 g/mol. The lowest BCUT2D eigenvalue weighted by Crippen LogP contribution is -2.37. The Hall–Kier alpha value is -2.21. The van der Waals surface area contributed by atoms with E-state index in [0.717, 1.165) is 16.8 Å². The maximum atomic E-state index is 13.1. The van der Waals surface area contributed by atoms with Gasteiger partial charge < -0.3 is 9.64 Å². The van der Waals surface area contributed by atoms with Gasteiger partial charge in [-0.3, -0.25) is 9.89 Å². The number of rotatable bonds is 4. The van der Waals surface area contributed by atoms with Crippen molar-refractivity contribution in [2.45, 2.75) is 58.9 Å². The molecule has 134 valence electrons. The molecule has 2 atom stereocenters. The zero-order chi connectivity index (χ0) is 18.1. The number of ether oxygens (including phenoxy) is 1. The van der Waals surface area contributed by atoms with Crippen LogP contribution in [0.15, 0.2) is 24.3 Å². The van der Waals surface area contributed by atoms with Crippen LogP contribution in [0.5, 0.6) is 0 Å². The molecule has 2 heterocycles. The minimum Gasteiger partial charge on any atom is -0.369 e. The van der Waals surface area contributed by atoms with Crippen LogP contribution in [0.3, 0.4) is 0 Å². The van der Waals surface area contributed by atoms with Gasteiger partial charge >= 0.3 is 0 Å². The topological polar surface area (TPSA) is 58.2 Å². The first-order valence-electron chi connectivity index (χ1n) is 8.64. The first-order valence-corrected chi connectivity index (χ1v) is 8.64. The Kier molecular flexibility index (Phi) is 4.90. The Balaban J connectivity index is 1.88. The van der Waals surface area contributed by atoms with Gasteiger partial charge in [0.05, 0.1) is 17.9 Å². The molecule has 1 N–H and O–H groups in total. The summed E-state index contributed by atoms with van der Waals surface area (Å²) >= 11 is 0. The average Bonchev–Trinajstić information content (AvgIpc) is 2.97. The van der Waals surface area contributed by atoms with E-state index in [0.29, 0.717) is 18.7 Å². The smallest absolute Gasteiger partial charge is 0.275 e. The minimum atomic E-state index is -0.282. The molecule has 2 aromatic rings. The normalized spacial score (nSPS) is 19.8. The maximum absolute atomic E-state index is 13.1. The number of hydrogen-bond acceptors (Lipinski definition) is 3. The Bertz CT molecular complexity index is 755. The minimum absolute atomic E-state index is 0.000379. The number of carbonyl (C=O) groups excluding carboxylic acids is 1. The molecule has 0 fully saturated rings. The zero-order valence-electron chi connectivity index (χ0n) is 15.0. The van der Waals surface area contributed by atoms with Crippen molar-refractivity contribution >= 4 is 5.91 Å². The number of nitrogens with zero attached hydrogens (tertiary/aromatic N) is 2. The molecule has 1 amide bonds. The number of carbonyl (C=O) groups is 1. The molecule has 25 heavy (non-hydrogen) atoms. The van der Waals surface area contributed by atoms with Gasteiger partial charge in [0.1, 0.15) is 5.82 Å². The summed E-state index contributed by atoms with van der Waals surface area (Å²) in [6, 6.07) is 6.23. The van der Waals surface area contributed by atoms with E-state index in [9.17, 15) is 9.18 Å². The molecule has 3 rings (SSSR count). The van der Waals surface area contributed by atoms with Crippen molar-refractivity contribution < 1.29 is 13.9 Å². The van der Waals surface area contributed by atoms with Gasteiger partial charge in [0.15, 0.2) is 5.69 Å². The summed E-state index contributed by atoms with van der Waals surface area (Å²) in [7, 11) is 0. The third-order valence-corrected chi connectivity index (χ3v) is 4.59. The van der Waals surface area contributed by atoms with E-state index in [4.69, 9.17) is 4.74 Å². The highest BCUT2D eigenvalue weighted by Gasteiger charge is 2.32. The van der Waals surface area contributed by atoms with Crippen LogP contribution in [-0.2, 0) is 17.7 Å². The van der Waals surface area contributed by atoms with Gasteiger partial charge in [0.2, 0.25) is 0 Å². The molecule has 1 aromatic heterocycles. The predicted molar refractivity (Wildman–Crippen MR) is 92.7 cm³/mol. The molecule has 0 spiro atoms. The molecule has 5 nitrogen and oxygen atoms in total. The van der Waals surface area contributed by atoms with Gasteiger partial charge in [-0.2, -0.15) is 5.10 Å². The molecule has 1 aliphatic rings. The summed E-state index contributed by atoms with van der Waals surface area (Å²) < 4.78 is 18.9. The van der Waals surface area contributed by atoms with Crippen molar-refractivity contribution in [2.24, 2.45) is 0 Å². The number of benzene rings is 1. The van der Waals surface area contributed by atoms with Crippen molar-refractivity contribution in [2.75, 3.05) is 0 Å². The van der Waals surface area contributed by atoms with Crippen molar-refractivity contribution in [1.29, 1.82) is 0 Å². The molecule has 0 unspecified atom stereocenters. The lowest BCUT2D eigenvalue weighted by atomic mass is 9.99. The first kappa shape index (κ1) is 17.6. The quantitative estimate of drug-likeness (QED) is 0.921. The molecule has 1 aliphatic heterocycles. The molecule has 0 bridgehead atoms. The second-order valence-corrected chi connectivity index (χ2v) is 6.91. The van der Waals surface area contributed by atoms with E-state index < -0.39 is 0 Å². The van der Waals surface area contributed by atoms with Crippen molar-refractivity contribution in [3.63, 3.8) is 0 Å². The number of aromatic nitrogens is 2. The molecule has 0 saturated carbocycles. The van der Waals surface area contributed by atoms with Crippen LogP contribution in [0.4, 0.5) is 4.39 Å². The van der Waals surface area contributed by atoms with E-state index in [-0.39, 0.29) is 30.0 Å². The Labute approximate surface area is 147 Å². The number of halogens is 1. The van der Waals surface area contributed by atoms with Gasteiger partial charge in [-0.1, -0.05) is 12.1 Å². The fraction of sp³-hybridized carbons (Fsp3) is 0.474. The number of aromatic amines is 1. The van der Waals surface area contributed by atoms with Crippen molar-refractivity contribution in [3.8, 4) is 0 Å². The lowest BCUT2D eigenvalue weighted by Gasteiger charge is -2.28. The third kappa shape index (κ3) is 3.58. The number of H-pyrrole nitrogens is 1. The van der Waals surface area contributed by atoms with E-state index in [1.807, 2.05) is 27.7 Å². The van der Waals surface area contributed by atoms with E-state index in [1.54, 1.807) is 17.0 Å². The second kappa shape index (κ2) is 6.96. The summed E-state index contributed by atoms with van der Waals surface area (Å²) in [5.41, 5.74) is 3.18.